The first-order valence-corrected chi connectivity index (χ1v) is 7.07. The lowest BCUT2D eigenvalue weighted by Gasteiger charge is -2.20. The van der Waals surface area contributed by atoms with Crippen LogP contribution in [0.4, 0.5) is 0 Å². The fourth-order valence-corrected chi connectivity index (χ4v) is 2.29. The molecule has 1 aromatic heterocycles. The van der Waals surface area contributed by atoms with E-state index in [0.717, 1.165) is 0 Å². The van der Waals surface area contributed by atoms with Gasteiger partial charge < -0.3 is 14.8 Å². The molecule has 5 heteroatoms. The molecule has 21 heavy (non-hydrogen) atoms. The minimum atomic E-state index is -0.806. The number of hydrogen-bond acceptors (Lipinski definition) is 3. The van der Waals surface area contributed by atoms with E-state index in [1.54, 1.807) is 51.1 Å². The molecule has 0 saturated carbocycles. The van der Waals surface area contributed by atoms with E-state index in [4.69, 9.17) is 16.0 Å². The average molecular weight is 308 g/mol. The third-order valence-corrected chi connectivity index (χ3v) is 3.58. The van der Waals surface area contributed by atoms with Crippen LogP contribution in [-0.4, -0.2) is 17.1 Å². The summed E-state index contributed by atoms with van der Waals surface area (Å²) in [5.41, 5.74) is 1.19. The maximum Gasteiger partial charge on any atom is 0.255 e. The molecule has 1 aromatic carbocycles. The number of aliphatic hydroxyl groups is 1. The van der Waals surface area contributed by atoms with Gasteiger partial charge in [0.25, 0.3) is 5.91 Å². The van der Waals surface area contributed by atoms with Gasteiger partial charge in [0.1, 0.15) is 11.5 Å². The summed E-state index contributed by atoms with van der Waals surface area (Å²) in [5, 5.41) is 13.7. The topological polar surface area (TPSA) is 62.5 Å². The Bertz CT molecular complexity index is 633. The molecule has 2 atom stereocenters. The number of hydrogen-bond donors (Lipinski definition) is 2. The zero-order valence-electron chi connectivity index (χ0n) is 12.2. The van der Waals surface area contributed by atoms with E-state index >= 15 is 0 Å². The predicted molar refractivity (Wildman–Crippen MR) is 81.5 cm³/mol. The smallest absolute Gasteiger partial charge is 0.255 e. The molecule has 0 spiro atoms. The summed E-state index contributed by atoms with van der Waals surface area (Å²) in [6.45, 7) is 5.28. The standard InChI is InChI=1S/C16H18ClNO3/c1-9-8-14(11(3)21-9)16(20)18-10(2)15(19)12-4-6-13(17)7-5-12/h4-8,10,15,19H,1-3H3,(H,18,20). The van der Waals surface area contributed by atoms with Gasteiger partial charge in [-0.2, -0.15) is 0 Å². The molecule has 2 unspecified atom stereocenters. The molecule has 2 rings (SSSR count). The molecule has 0 bridgehead atoms. The number of furan rings is 1. The van der Waals surface area contributed by atoms with Crippen molar-refractivity contribution in [3.05, 3.63) is 58.0 Å². The maximum atomic E-state index is 12.2. The third kappa shape index (κ3) is 3.65. The third-order valence-electron chi connectivity index (χ3n) is 3.33. The minimum absolute atomic E-state index is 0.259. The average Bonchev–Trinajstić information content (AvgIpc) is 2.77. The highest BCUT2D eigenvalue weighted by molar-refractivity contribution is 6.30. The van der Waals surface area contributed by atoms with Gasteiger partial charge in [-0.3, -0.25) is 4.79 Å². The quantitative estimate of drug-likeness (QED) is 0.910. The van der Waals surface area contributed by atoms with E-state index in [1.165, 1.54) is 0 Å². The Morgan fingerprint density at radius 2 is 1.90 bits per heavy atom. The van der Waals surface area contributed by atoms with Crippen LogP contribution in [0, 0.1) is 13.8 Å². The maximum absolute atomic E-state index is 12.2. The lowest BCUT2D eigenvalue weighted by Crippen LogP contribution is -2.37. The van der Waals surface area contributed by atoms with Crippen molar-refractivity contribution in [2.24, 2.45) is 0 Å². The summed E-state index contributed by atoms with van der Waals surface area (Å²) in [4.78, 5) is 12.2. The first-order valence-electron chi connectivity index (χ1n) is 6.70. The SMILES string of the molecule is Cc1cc(C(=O)NC(C)C(O)c2ccc(Cl)cc2)c(C)o1. The fourth-order valence-electron chi connectivity index (χ4n) is 2.17. The lowest BCUT2D eigenvalue weighted by molar-refractivity contribution is 0.0850. The van der Waals surface area contributed by atoms with Crippen LogP contribution in [0.1, 0.15) is 40.5 Å². The van der Waals surface area contributed by atoms with Gasteiger partial charge in [0.15, 0.2) is 0 Å². The van der Waals surface area contributed by atoms with Gasteiger partial charge in [-0.25, -0.2) is 0 Å². The van der Waals surface area contributed by atoms with Crippen molar-refractivity contribution in [2.45, 2.75) is 32.9 Å². The van der Waals surface area contributed by atoms with Gasteiger partial charge in [-0.15, -0.1) is 0 Å². The van der Waals surface area contributed by atoms with Crippen LogP contribution in [-0.2, 0) is 0 Å². The lowest BCUT2D eigenvalue weighted by atomic mass is 10.0. The molecule has 1 heterocycles. The number of amides is 1. The van der Waals surface area contributed by atoms with E-state index < -0.39 is 12.1 Å². The van der Waals surface area contributed by atoms with E-state index in [-0.39, 0.29) is 5.91 Å². The highest BCUT2D eigenvalue weighted by Crippen LogP contribution is 2.20. The fraction of sp³-hybridized carbons (Fsp3) is 0.312. The Balaban J connectivity index is 2.06. The molecule has 0 aliphatic heterocycles. The first kappa shape index (κ1) is 15.6. The zero-order chi connectivity index (χ0) is 15.6. The number of rotatable bonds is 4. The molecule has 112 valence electrons. The number of nitrogens with one attached hydrogen (secondary N) is 1. The predicted octanol–water partition coefficient (Wildman–Crippen LogP) is 3.40. The summed E-state index contributed by atoms with van der Waals surface area (Å²) in [6.07, 6.45) is -0.806. The van der Waals surface area contributed by atoms with Gasteiger partial charge in [0, 0.05) is 5.02 Å². The van der Waals surface area contributed by atoms with Gasteiger partial charge in [0.2, 0.25) is 0 Å². The summed E-state index contributed by atoms with van der Waals surface area (Å²) < 4.78 is 5.34. The largest absolute Gasteiger partial charge is 0.466 e. The Morgan fingerprint density at radius 3 is 2.43 bits per heavy atom. The monoisotopic (exact) mass is 307 g/mol. The number of aryl methyl sites for hydroxylation is 2. The van der Waals surface area contributed by atoms with Crippen molar-refractivity contribution in [2.75, 3.05) is 0 Å². The highest BCUT2D eigenvalue weighted by Gasteiger charge is 2.21. The van der Waals surface area contributed by atoms with Crippen LogP contribution in [0.3, 0.4) is 0 Å². The van der Waals surface area contributed by atoms with Crippen molar-refractivity contribution in [1.82, 2.24) is 5.32 Å². The molecule has 0 saturated heterocycles. The summed E-state index contributed by atoms with van der Waals surface area (Å²) in [5.74, 6) is 0.992. The molecule has 0 aliphatic rings. The van der Waals surface area contributed by atoms with Gasteiger partial charge in [-0.05, 0) is 44.5 Å². The minimum Gasteiger partial charge on any atom is -0.466 e. The van der Waals surface area contributed by atoms with Crippen molar-refractivity contribution in [3.63, 3.8) is 0 Å². The van der Waals surface area contributed by atoms with Crippen LogP contribution in [0.15, 0.2) is 34.7 Å². The van der Waals surface area contributed by atoms with Gasteiger partial charge in [-0.1, -0.05) is 23.7 Å². The second-order valence-corrected chi connectivity index (χ2v) is 5.52. The Hall–Kier alpha value is -1.78. The Morgan fingerprint density at radius 1 is 1.29 bits per heavy atom. The second-order valence-electron chi connectivity index (χ2n) is 5.09. The molecule has 1 amide bonds. The number of aliphatic hydroxyl groups excluding tert-OH is 1. The highest BCUT2D eigenvalue weighted by atomic mass is 35.5. The van der Waals surface area contributed by atoms with Crippen molar-refractivity contribution >= 4 is 17.5 Å². The van der Waals surface area contributed by atoms with Crippen LogP contribution >= 0.6 is 11.6 Å². The van der Waals surface area contributed by atoms with E-state index in [2.05, 4.69) is 5.32 Å². The van der Waals surface area contributed by atoms with E-state index in [0.29, 0.717) is 27.7 Å². The van der Waals surface area contributed by atoms with Gasteiger partial charge in [0.05, 0.1) is 17.7 Å². The molecule has 4 nitrogen and oxygen atoms in total. The zero-order valence-corrected chi connectivity index (χ0v) is 12.9. The summed E-state index contributed by atoms with van der Waals surface area (Å²) >= 11 is 5.82. The van der Waals surface area contributed by atoms with Crippen LogP contribution in [0.2, 0.25) is 5.02 Å². The summed E-state index contributed by atoms with van der Waals surface area (Å²) in [7, 11) is 0. The molecule has 2 N–H and O–H groups in total. The number of benzene rings is 1. The Labute approximate surface area is 128 Å². The van der Waals surface area contributed by atoms with Crippen molar-refractivity contribution < 1.29 is 14.3 Å². The molecule has 2 aromatic rings. The van der Waals surface area contributed by atoms with Crippen molar-refractivity contribution in [1.29, 1.82) is 0 Å². The van der Waals surface area contributed by atoms with E-state index in [9.17, 15) is 9.90 Å². The Kier molecular flexibility index (Phi) is 4.70. The van der Waals surface area contributed by atoms with Crippen LogP contribution < -0.4 is 5.32 Å². The molecule has 0 aliphatic carbocycles. The molecular weight excluding hydrogens is 290 g/mol. The van der Waals surface area contributed by atoms with Crippen molar-refractivity contribution in [3.8, 4) is 0 Å². The second kappa shape index (κ2) is 6.33. The first-order chi connectivity index (χ1) is 9.88. The van der Waals surface area contributed by atoms with Crippen LogP contribution in [0.5, 0.6) is 0 Å². The molecule has 0 radical (unpaired) electrons. The van der Waals surface area contributed by atoms with Crippen LogP contribution in [0.25, 0.3) is 0 Å². The van der Waals surface area contributed by atoms with Gasteiger partial charge >= 0.3 is 0 Å². The normalized spacial score (nSPS) is 13.8. The number of carbonyl (C=O) groups is 1. The number of halogens is 1. The summed E-state index contributed by atoms with van der Waals surface area (Å²) in [6, 6.07) is 8.14. The van der Waals surface area contributed by atoms with E-state index in [1.807, 2.05) is 0 Å². The number of carbonyl (C=O) groups excluding carboxylic acids is 1. The molecular formula is C16H18ClNO3. The molecule has 0 fully saturated rings.